The SMILES string of the molecule is O=C(NC1CC(O)C1)c1cccc(Br)c1F. The Kier molecular flexibility index (Phi) is 3.25. The Bertz CT molecular complexity index is 418. The van der Waals surface area contributed by atoms with E-state index in [-0.39, 0.29) is 22.2 Å². The van der Waals surface area contributed by atoms with Gasteiger partial charge in [-0.3, -0.25) is 4.79 Å². The molecule has 0 aliphatic heterocycles. The third kappa shape index (κ3) is 2.25. The smallest absolute Gasteiger partial charge is 0.254 e. The Hall–Kier alpha value is -0.940. The molecule has 1 aromatic carbocycles. The minimum Gasteiger partial charge on any atom is -0.393 e. The van der Waals surface area contributed by atoms with Crippen LogP contribution in [0.15, 0.2) is 22.7 Å². The van der Waals surface area contributed by atoms with E-state index in [1.807, 2.05) is 0 Å². The van der Waals surface area contributed by atoms with E-state index in [0.717, 1.165) is 0 Å². The Labute approximate surface area is 101 Å². The molecule has 86 valence electrons. The lowest BCUT2D eigenvalue weighted by Gasteiger charge is -2.31. The molecule has 2 N–H and O–H groups in total. The van der Waals surface area contributed by atoms with Gasteiger partial charge in [0.15, 0.2) is 0 Å². The Balaban J connectivity index is 2.06. The molecule has 1 aliphatic rings. The summed E-state index contributed by atoms with van der Waals surface area (Å²) in [6.45, 7) is 0. The second kappa shape index (κ2) is 4.51. The van der Waals surface area contributed by atoms with Gasteiger partial charge in [-0.2, -0.15) is 0 Å². The van der Waals surface area contributed by atoms with Crippen LogP contribution in [-0.4, -0.2) is 23.2 Å². The van der Waals surface area contributed by atoms with Gasteiger partial charge in [-0.15, -0.1) is 0 Å². The fraction of sp³-hybridized carbons (Fsp3) is 0.364. The topological polar surface area (TPSA) is 49.3 Å². The highest BCUT2D eigenvalue weighted by Crippen LogP contribution is 2.22. The zero-order chi connectivity index (χ0) is 11.7. The van der Waals surface area contributed by atoms with Crippen molar-refractivity contribution in [1.82, 2.24) is 5.32 Å². The number of hydrogen-bond acceptors (Lipinski definition) is 2. The highest BCUT2D eigenvalue weighted by molar-refractivity contribution is 9.10. The fourth-order valence-corrected chi connectivity index (χ4v) is 2.01. The summed E-state index contributed by atoms with van der Waals surface area (Å²) < 4.78 is 13.8. The molecule has 0 radical (unpaired) electrons. The molecule has 1 saturated carbocycles. The quantitative estimate of drug-likeness (QED) is 0.872. The lowest BCUT2D eigenvalue weighted by Crippen LogP contribution is -2.46. The lowest BCUT2D eigenvalue weighted by atomic mass is 9.89. The van der Waals surface area contributed by atoms with Gasteiger partial charge in [0.05, 0.1) is 16.1 Å². The van der Waals surface area contributed by atoms with Crippen LogP contribution in [0.1, 0.15) is 23.2 Å². The monoisotopic (exact) mass is 287 g/mol. The van der Waals surface area contributed by atoms with Gasteiger partial charge in [0.1, 0.15) is 5.82 Å². The zero-order valence-electron chi connectivity index (χ0n) is 8.41. The molecule has 0 saturated heterocycles. The molecule has 1 amide bonds. The van der Waals surface area contributed by atoms with Crippen LogP contribution in [-0.2, 0) is 0 Å². The fourth-order valence-electron chi connectivity index (χ4n) is 1.65. The number of nitrogens with one attached hydrogen (secondary N) is 1. The number of aliphatic hydroxyl groups is 1. The summed E-state index contributed by atoms with van der Waals surface area (Å²) in [5, 5.41) is 11.7. The lowest BCUT2D eigenvalue weighted by molar-refractivity contribution is 0.0561. The summed E-state index contributed by atoms with van der Waals surface area (Å²) in [7, 11) is 0. The molecule has 5 heteroatoms. The molecule has 0 heterocycles. The molecule has 0 unspecified atom stereocenters. The first kappa shape index (κ1) is 11.5. The second-order valence-electron chi connectivity index (χ2n) is 3.90. The molecule has 0 aromatic heterocycles. The van der Waals surface area contributed by atoms with Gasteiger partial charge in [-0.1, -0.05) is 6.07 Å². The molecule has 0 atom stereocenters. The van der Waals surface area contributed by atoms with Crippen molar-refractivity contribution in [2.24, 2.45) is 0 Å². The van der Waals surface area contributed by atoms with Crippen LogP contribution in [0.5, 0.6) is 0 Å². The first-order chi connectivity index (χ1) is 7.58. The van der Waals surface area contributed by atoms with Crippen molar-refractivity contribution >= 4 is 21.8 Å². The second-order valence-corrected chi connectivity index (χ2v) is 4.75. The van der Waals surface area contributed by atoms with Crippen molar-refractivity contribution in [1.29, 1.82) is 0 Å². The van der Waals surface area contributed by atoms with Gasteiger partial charge in [-0.05, 0) is 40.9 Å². The molecular formula is C11H11BrFNO2. The zero-order valence-corrected chi connectivity index (χ0v) is 10.00. The molecule has 1 aromatic rings. The van der Waals surface area contributed by atoms with E-state index in [4.69, 9.17) is 5.11 Å². The summed E-state index contributed by atoms with van der Waals surface area (Å²) in [4.78, 5) is 11.7. The minimum absolute atomic E-state index is 0.0239. The molecular weight excluding hydrogens is 277 g/mol. The summed E-state index contributed by atoms with van der Waals surface area (Å²) in [6.07, 6.45) is 0.751. The number of rotatable bonds is 2. The van der Waals surface area contributed by atoms with E-state index < -0.39 is 11.7 Å². The van der Waals surface area contributed by atoms with E-state index in [1.54, 1.807) is 12.1 Å². The van der Waals surface area contributed by atoms with Crippen LogP contribution < -0.4 is 5.32 Å². The van der Waals surface area contributed by atoms with Gasteiger partial charge in [-0.25, -0.2) is 4.39 Å². The van der Waals surface area contributed by atoms with Gasteiger partial charge < -0.3 is 10.4 Å². The third-order valence-electron chi connectivity index (χ3n) is 2.64. The predicted molar refractivity (Wildman–Crippen MR) is 60.6 cm³/mol. The number of carbonyl (C=O) groups is 1. The maximum absolute atomic E-state index is 13.5. The number of benzene rings is 1. The van der Waals surface area contributed by atoms with Crippen molar-refractivity contribution in [3.05, 3.63) is 34.1 Å². The van der Waals surface area contributed by atoms with Gasteiger partial charge >= 0.3 is 0 Å². The Morgan fingerprint density at radius 1 is 1.50 bits per heavy atom. The average molecular weight is 288 g/mol. The van der Waals surface area contributed by atoms with Gasteiger partial charge in [0.25, 0.3) is 5.91 Å². The first-order valence-electron chi connectivity index (χ1n) is 5.01. The van der Waals surface area contributed by atoms with Gasteiger partial charge in [0, 0.05) is 6.04 Å². The molecule has 1 aliphatic carbocycles. The summed E-state index contributed by atoms with van der Waals surface area (Å²) >= 11 is 3.03. The molecule has 2 rings (SSSR count). The van der Waals surface area contributed by atoms with Gasteiger partial charge in [0.2, 0.25) is 0 Å². The van der Waals surface area contributed by atoms with E-state index in [1.165, 1.54) is 6.07 Å². The van der Waals surface area contributed by atoms with Crippen LogP contribution in [0.4, 0.5) is 4.39 Å². The molecule has 0 bridgehead atoms. The van der Waals surface area contributed by atoms with Crippen LogP contribution in [0.2, 0.25) is 0 Å². The van der Waals surface area contributed by atoms with Crippen molar-refractivity contribution in [3.8, 4) is 0 Å². The normalized spacial score (nSPS) is 23.7. The van der Waals surface area contributed by atoms with Crippen molar-refractivity contribution < 1.29 is 14.3 Å². The van der Waals surface area contributed by atoms with E-state index >= 15 is 0 Å². The van der Waals surface area contributed by atoms with Crippen molar-refractivity contribution in [2.75, 3.05) is 0 Å². The van der Waals surface area contributed by atoms with Crippen LogP contribution in [0.25, 0.3) is 0 Å². The third-order valence-corrected chi connectivity index (χ3v) is 3.26. The number of amides is 1. The van der Waals surface area contributed by atoms with Crippen molar-refractivity contribution in [3.63, 3.8) is 0 Å². The number of carbonyl (C=O) groups excluding carboxylic acids is 1. The number of aliphatic hydroxyl groups excluding tert-OH is 1. The van der Waals surface area contributed by atoms with E-state index in [2.05, 4.69) is 21.2 Å². The maximum Gasteiger partial charge on any atom is 0.254 e. The molecule has 3 nitrogen and oxygen atoms in total. The Morgan fingerprint density at radius 3 is 2.81 bits per heavy atom. The summed E-state index contributed by atoms with van der Waals surface area (Å²) in [5.41, 5.74) is 0.0239. The summed E-state index contributed by atoms with van der Waals surface area (Å²) in [5.74, 6) is -0.990. The average Bonchev–Trinajstić information content (AvgIpc) is 2.19. The van der Waals surface area contributed by atoms with Crippen LogP contribution in [0, 0.1) is 5.82 Å². The minimum atomic E-state index is -0.556. The van der Waals surface area contributed by atoms with Crippen molar-refractivity contribution in [2.45, 2.75) is 25.0 Å². The highest BCUT2D eigenvalue weighted by atomic mass is 79.9. The first-order valence-corrected chi connectivity index (χ1v) is 5.80. The molecule has 1 fully saturated rings. The maximum atomic E-state index is 13.5. The van der Waals surface area contributed by atoms with E-state index in [9.17, 15) is 9.18 Å². The highest BCUT2D eigenvalue weighted by Gasteiger charge is 2.29. The number of hydrogen-bond donors (Lipinski definition) is 2. The summed E-state index contributed by atoms with van der Waals surface area (Å²) in [6, 6.07) is 4.54. The van der Waals surface area contributed by atoms with E-state index in [0.29, 0.717) is 12.8 Å². The van der Waals surface area contributed by atoms with Crippen LogP contribution in [0.3, 0.4) is 0 Å². The predicted octanol–water partition coefficient (Wildman–Crippen LogP) is 1.84. The van der Waals surface area contributed by atoms with Crippen LogP contribution >= 0.6 is 15.9 Å². The standard InChI is InChI=1S/C11H11BrFNO2/c12-9-3-1-2-8(10(9)13)11(16)14-6-4-7(15)5-6/h1-3,6-7,15H,4-5H2,(H,14,16). The Morgan fingerprint density at radius 2 is 2.19 bits per heavy atom. The number of halogens is 2. The molecule has 16 heavy (non-hydrogen) atoms. The molecule has 0 spiro atoms. The largest absolute Gasteiger partial charge is 0.393 e.